The zero-order valence-corrected chi connectivity index (χ0v) is 19.7. The number of morpholine rings is 1. The molecule has 10 heteroatoms. The zero-order valence-electron chi connectivity index (χ0n) is 18.9. The van der Waals surface area contributed by atoms with E-state index in [1.807, 2.05) is 38.1 Å². The molecule has 1 heterocycles. The number of nitrogens with zero attached hydrogens (tertiary/aromatic N) is 2. The van der Waals surface area contributed by atoms with Gasteiger partial charge in [-0.25, -0.2) is 13.9 Å². The minimum atomic E-state index is -3.75. The van der Waals surface area contributed by atoms with Crippen molar-refractivity contribution in [2.24, 2.45) is 0 Å². The van der Waals surface area contributed by atoms with E-state index in [2.05, 4.69) is 6.58 Å². The summed E-state index contributed by atoms with van der Waals surface area (Å²) in [5, 5.41) is 9.28. The summed E-state index contributed by atoms with van der Waals surface area (Å²) in [6, 6.07) is 13.1. The SMILES string of the molecule is C=C1CN([C@@H](CN(c2ccc(Oc3ccc(C)cc3)cc2)S(C)(=O)=O)C(=O)NO)C[C@@H](C)O1. The van der Waals surface area contributed by atoms with Gasteiger partial charge >= 0.3 is 0 Å². The second kappa shape index (κ2) is 10.2. The van der Waals surface area contributed by atoms with Gasteiger partial charge in [-0.3, -0.25) is 19.2 Å². The van der Waals surface area contributed by atoms with E-state index in [9.17, 15) is 18.4 Å². The molecule has 1 saturated heterocycles. The Hall–Kier alpha value is -3.08. The van der Waals surface area contributed by atoms with Crippen molar-refractivity contribution < 1.29 is 27.9 Å². The van der Waals surface area contributed by atoms with Gasteiger partial charge in [0.2, 0.25) is 10.0 Å². The van der Waals surface area contributed by atoms with Crippen LogP contribution in [-0.2, 0) is 19.6 Å². The molecule has 178 valence electrons. The highest BCUT2D eigenvalue weighted by molar-refractivity contribution is 7.92. The maximum absolute atomic E-state index is 12.6. The third-order valence-corrected chi connectivity index (χ3v) is 6.37. The third kappa shape index (κ3) is 6.47. The summed E-state index contributed by atoms with van der Waals surface area (Å²) in [4.78, 5) is 14.2. The van der Waals surface area contributed by atoms with E-state index in [-0.39, 0.29) is 19.2 Å². The fraction of sp³-hybridized carbons (Fsp3) is 0.348. The molecule has 2 atom stereocenters. The summed E-state index contributed by atoms with van der Waals surface area (Å²) in [7, 11) is -3.75. The topological polar surface area (TPSA) is 108 Å². The lowest BCUT2D eigenvalue weighted by atomic mass is 10.1. The first-order valence-electron chi connectivity index (χ1n) is 10.4. The van der Waals surface area contributed by atoms with Crippen LogP contribution in [0.3, 0.4) is 0 Å². The van der Waals surface area contributed by atoms with Gasteiger partial charge in [0.15, 0.2) is 0 Å². The van der Waals surface area contributed by atoms with Crippen molar-refractivity contribution in [1.82, 2.24) is 10.4 Å². The second-order valence-electron chi connectivity index (χ2n) is 8.09. The van der Waals surface area contributed by atoms with E-state index in [1.54, 1.807) is 34.6 Å². The van der Waals surface area contributed by atoms with Crippen molar-refractivity contribution in [2.75, 3.05) is 30.2 Å². The van der Waals surface area contributed by atoms with Crippen molar-refractivity contribution in [3.8, 4) is 11.5 Å². The van der Waals surface area contributed by atoms with Gasteiger partial charge in [0.1, 0.15) is 29.4 Å². The molecule has 0 aromatic heterocycles. The summed E-state index contributed by atoms with van der Waals surface area (Å²) in [6.07, 6.45) is 0.837. The van der Waals surface area contributed by atoms with Crippen LogP contribution in [0.2, 0.25) is 0 Å². The predicted octanol–water partition coefficient (Wildman–Crippen LogP) is 2.66. The summed E-state index contributed by atoms with van der Waals surface area (Å²) in [5.74, 6) is 0.951. The average Bonchev–Trinajstić information content (AvgIpc) is 2.75. The highest BCUT2D eigenvalue weighted by Gasteiger charge is 2.35. The zero-order chi connectivity index (χ0) is 24.2. The first-order chi connectivity index (χ1) is 15.6. The summed E-state index contributed by atoms with van der Waals surface area (Å²) in [6.45, 7) is 8.03. The Balaban J connectivity index is 1.84. The quantitative estimate of drug-likeness (QED) is 0.446. The first kappa shape index (κ1) is 24.6. The Kier molecular flexibility index (Phi) is 7.62. The maximum atomic E-state index is 12.6. The molecule has 0 aliphatic carbocycles. The number of hydrogen-bond acceptors (Lipinski definition) is 7. The van der Waals surface area contributed by atoms with Crippen molar-refractivity contribution in [3.63, 3.8) is 0 Å². The van der Waals surface area contributed by atoms with Crippen LogP contribution in [0.1, 0.15) is 12.5 Å². The Morgan fingerprint density at radius 3 is 2.33 bits per heavy atom. The van der Waals surface area contributed by atoms with Crippen LogP contribution in [-0.4, -0.2) is 62.5 Å². The Labute approximate surface area is 194 Å². The van der Waals surface area contributed by atoms with Crippen molar-refractivity contribution >= 4 is 21.6 Å². The van der Waals surface area contributed by atoms with Crippen LogP contribution in [0.25, 0.3) is 0 Å². The normalized spacial score (nSPS) is 17.7. The third-order valence-electron chi connectivity index (χ3n) is 5.21. The van der Waals surface area contributed by atoms with Gasteiger partial charge in [-0.2, -0.15) is 0 Å². The number of carbonyl (C=O) groups is 1. The number of ether oxygens (including phenoxy) is 2. The number of benzene rings is 2. The van der Waals surface area contributed by atoms with E-state index >= 15 is 0 Å². The maximum Gasteiger partial charge on any atom is 0.262 e. The van der Waals surface area contributed by atoms with Crippen LogP contribution in [0, 0.1) is 6.92 Å². The lowest BCUT2D eigenvalue weighted by Gasteiger charge is -2.39. The molecular weight excluding hydrogens is 446 g/mol. The standard InChI is InChI=1S/C23H29N3O6S/c1-16-5-9-20(10-6-16)32-21-11-7-19(8-12-21)26(33(4,29)30)15-22(23(27)24-28)25-13-17(2)31-18(3)14-25/h5-12,18,22,28H,2,13-15H2,1,3-4H3,(H,24,27)/t18-,22+/m1/s1. The number of nitrogens with one attached hydrogen (secondary N) is 1. The number of hydrogen-bond donors (Lipinski definition) is 2. The average molecular weight is 476 g/mol. The summed E-state index contributed by atoms with van der Waals surface area (Å²) in [5.41, 5.74) is 3.13. The molecule has 1 aliphatic rings. The Morgan fingerprint density at radius 2 is 1.82 bits per heavy atom. The molecule has 3 rings (SSSR count). The molecule has 0 saturated carbocycles. The molecule has 1 fully saturated rings. The van der Waals surface area contributed by atoms with Gasteiger partial charge in [-0.15, -0.1) is 0 Å². The molecular formula is C23H29N3O6S. The molecule has 0 radical (unpaired) electrons. The monoisotopic (exact) mass is 475 g/mol. The van der Waals surface area contributed by atoms with E-state index in [1.165, 1.54) is 0 Å². The van der Waals surface area contributed by atoms with Gasteiger partial charge in [-0.1, -0.05) is 24.3 Å². The minimum Gasteiger partial charge on any atom is -0.493 e. The van der Waals surface area contributed by atoms with Crippen LogP contribution >= 0.6 is 0 Å². The lowest BCUT2D eigenvalue weighted by molar-refractivity contribution is -0.136. The first-order valence-corrected chi connectivity index (χ1v) is 12.3. The molecule has 1 amide bonds. The largest absolute Gasteiger partial charge is 0.493 e. The number of aryl methyl sites for hydroxylation is 1. The number of hydroxylamine groups is 1. The Morgan fingerprint density at radius 1 is 1.24 bits per heavy atom. The summed E-state index contributed by atoms with van der Waals surface area (Å²) < 4.78 is 37.7. The second-order valence-corrected chi connectivity index (χ2v) is 10.00. The molecule has 9 nitrogen and oxygen atoms in total. The minimum absolute atomic E-state index is 0.205. The molecule has 0 unspecified atom stereocenters. The highest BCUT2D eigenvalue weighted by Crippen LogP contribution is 2.27. The predicted molar refractivity (Wildman–Crippen MR) is 125 cm³/mol. The smallest absolute Gasteiger partial charge is 0.262 e. The van der Waals surface area contributed by atoms with Crippen molar-refractivity contribution in [1.29, 1.82) is 0 Å². The molecule has 33 heavy (non-hydrogen) atoms. The van der Waals surface area contributed by atoms with Gasteiger partial charge in [-0.05, 0) is 50.2 Å². The number of anilines is 1. The van der Waals surface area contributed by atoms with Crippen LogP contribution < -0.4 is 14.5 Å². The molecule has 0 bridgehead atoms. The number of rotatable bonds is 8. The van der Waals surface area contributed by atoms with Gasteiger partial charge in [0, 0.05) is 6.54 Å². The van der Waals surface area contributed by atoms with Gasteiger partial charge < -0.3 is 9.47 Å². The fourth-order valence-corrected chi connectivity index (χ4v) is 4.59. The van der Waals surface area contributed by atoms with Crippen LogP contribution in [0.4, 0.5) is 5.69 Å². The number of amides is 1. The molecule has 2 aromatic carbocycles. The van der Waals surface area contributed by atoms with E-state index in [4.69, 9.17) is 9.47 Å². The van der Waals surface area contributed by atoms with E-state index < -0.39 is 22.0 Å². The number of carbonyl (C=O) groups excluding carboxylic acids is 1. The van der Waals surface area contributed by atoms with Crippen molar-refractivity contribution in [2.45, 2.75) is 26.0 Å². The van der Waals surface area contributed by atoms with Crippen molar-refractivity contribution in [3.05, 3.63) is 66.4 Å². The summed E-state index contributed by atoms with van der Waals surface area (Å²) >= 11 is 0. The van der Waals surface area contributed by atoms with Crippen LogP contribution in [0.5, 0.6) is 11.5 Å². The van der Waals surface area contributed by atoms with Gasteiger partial charge in [0.25, 0.3) is 5.91 Å². The van der Waals surface area contributed by atoms with E-state index in [0.29, 0.717) is 29.5 Å². The molecule has 1 aliphatic heterocycles. The fourth-order valence-electron chi connectivity index (χ4n) is 3.67. The van der Waals surface area contributed by atoms with Crippen LogP contribution in [0.15, 0.2) is 60.9 Å². The van der Waals surface area contributed by atoms with E-state index in [0.717, 1.165) is 16.1 Å². The molecule has 2 aromatic rings. The number of sulfonamides is 1. The van der Waals surface area contributed by atoms with Gasteiger partial charge in [0.05, 0.1) is 25.0 Å². The molecule has 2 N–H and O–H groups in total. The Bertz CT molecular complexity index is 1090. The lowest BCUT2D eigenvalue weighted by Crippen LogP contribution is -2.57. The molecule has 0 spiro atoms. The highest BCUT2D eigenvalue weighted by atomic mass is 32.2.